The highest BCUT2D eigenvalue weighted by atomic mass is 16.5. The summed E-state index contributed by atoms with van der Waals surface area (Å²) in [5.41, 5.74) is 1.75. The maximum Gasteiger partial charge on any atom is 0.306 e. The van der Waals surface area contributed by atoms with E-state index in [9.17, 15) is 9.59 Å². The zero-order valence-corrected chi connectivity index (χ0v) is 14.1. The lowest BCUT2D eigenvalue weighted by Gasteiger charge is -2.39. The van der Waals surface area contributed by atoms with E-state index in [0.29, 0.717) is 19.5 Å². The third-order valence-corrected chi connectivity index (χ3v) is 4.63. The summed E-state index contributed by atoms with van der Waals surface area (Å²) in [4.78, 5) is 31.3. The van der Waals surface area contributed by atoms with Crippen LogP contribution in [0.3, 0.4) is 0 Å². The molecule has 0 unspecified atom stereocenters. The van der Waals surface area contributed by atoms with Crippen LogP contribution >= 0.6 is 0 Å². The van der Waals surface area contributed by atoms with Gasteiger partial charge in [0.15, 0.2) is 0 Å². The number of carbonyl (C=O) groups excluding carboxylic acids is 2. The molecule has 1 saturated heterocycles. The van der Waals surface area contributed by atoms with Gasteiger partial charge in [0.2, 0.25) is 0 Å². The van der Waals surface area contributed by atoms with Gasteiger partial charge in [-0.25, -0.2) is 0 Å². The summed E-state index contributed by atoms with van der Waals surface area (Å²) in [7, 11) is 1.41. The molecule has 1 amide bonds. The molecule has 1 atom stereocenters. The number of fused-ring (bicyclic) bond motifs is 1. The van der Waals surface area contributed by atoms with Crippen molar-refractivity contribution >= 4 is 22.8 Å². The number of piperazine rings is 1. The van der Waals surface area contributed by atoms with Crippen LogP contribution in [0.4, 0.5) is 0 Å². The minimum absolute atomic E-state index is 0.0678. The first-order valence-electron chi connectivity index (χ1n) is 8.26. The Morgan fingerprint density at radius 1 is 1.29 bits per heavy atom. The highest BCUT2D eigenvalue weighted by Crippen LogP contribution is 2.18. The van der Waals surface area contributed by atoms with Crippen LogP contribution in [0.2, 0.25) is 0 Å². The minimum Gasteiger partial charge on any atom is -0.469 e. The van der Waals surface area contributed by atoms with Crippen molar-refractivity contribution in [1.29, 1.82) is 0 Å². The largest absolute Gasteiger partial charge is 0.469 e. The van der Waals surface area contributed by atoms with Crippen molar-refractivity contribution in [2.75, 3.05) is 33.3 Å². The van der Waals surface area contributed by atoms with Crippen LogP contribution < -0.4 is 0 Å². The number of rotatable bonds is 4. The van der Waals surface area contributed by atoms with Crippen LogP contribution in [-0.2, 0) is 9.53 Å². The number of nitrogens with zero attached hydrogens (tertiary/aromatic N) is 2. The predicted octanol–water partition coefficient (Wildman–Crippen LogP) is 1.88. The van der Waals surface area contributed by atoms with Crippen molar-refractivity contribution in [3.05, 3.63) is 36.0 Å². The van der Waals surface area contributed by atoms with Gasteiger partial charge < -0.3 is 14.6 Å². The van der Waals surface area contributed by atoms with Crippen LogP contribution in [0.5, 0.6) is 0 Å². The van der Waals surface area contributed by atoms with Gasteiger partial charge in [0, 0.05) is 54.9 Å². The third-order valence-electron chi connectivity index (χ3n) is 4.63. The fourth-order valence-corrected chi connectivity index (χ4v) is 3.24. The second kappa shape index (κ2) is 7.05. The second-order valence-corrected chi connectivity index (χ2v) is 6.25. The molecule has 1 N–H and O–H groups in total. The Balaban J connectivity index is 1.63. The monoisotopic (exact) mass is 329 g/mol. The number of esters is 1. The molecule has 6 heteroatoms. The molecular formula is C18H23N3O3. The topological polar surface area (TPSA) is 65.6 Å². The first-order valence-corrected chi connectivity index (χ1v) is 8.26. The summed E-state index contributed by atoms with van der Waals surface area (Å²) in [6, 6.07) is 7.84. The minimum atomic E-state index is -0.194. The molecule has 0 saturated carbocycles. The number of hydrogen-bond donors (Lipinski definition) is 1. The highest BCUT2D eigenvalue weighted by Gasteiger charge is 2.28. The van der Waals surface area contributed by atoms with E-state index in [4.69, 9.17) is 0 Å². The average Bonchev–Trinajstić information content (AvgIpc) is 3.06. The van der Waals surface area contributed by atoms with Crippen LogP contribution in [0.25, 0.3) is 10.9 Å². The van der Waals surface area contributed by atoms with Crippen molar-refractivity contribution < 1.29 is 14.3 Å². The molecule has 0 spiro atoms. The lowest BCUT2D eigenvalue weighted by Crippen LogP contribution is -2.54. The Morgan fingerprint density at radius 2 is 2.12 bits per heavy atom. The number of ether oxygens (including phenoxy) is 1. The lowest BCUT2D eigenvalue weighted by atomic mass is 10.1. The quantitative estimate of drug-likeness (QED) is 0.870. The molecule has 1 aromatic carbocycles. The summed E-state index contributed by atoms with van der Waals surface area (Å²) in [5.74, 6) is -0.126. The lowest BCUT2D eigenvalue weighted by molar-refractivity contribution is -0.141. The van der Waals surface area contributed by atoms with Gasteiger partial charge in [0.1, 0.15) is 0 Å². The Bertz CT molecular complexity index is 740. The summed E-state index contributed by atoms with van der Waals surface area (Å²) in [6.45, 7) is 4.95. The molecule has 1 aromatic heterocycles. The van der Waals surface area contributed by atoms with Gasteiger partial charge in [-0.05, 0) is 31.2 Å². The van der Waals surface area contributed by atoms with Crippen molar-refractivity contribution in [2.24, 2.45) is 0 Å². The van der Waals surface area contributed by atoms with Crippen molar-refractivity contribution in [3.63, 3.8) is 0 Å². The van der Waals surface area contributed by atoms with Gasteiger partial charge in [-0.15, -0.1) is 0 Å². The molecule has 1 fully saturated rings. The SMILES string of the molecule is COC(=O)CCN1CCN(C(=O)c2ccc3[nH]ccc3c2)[C@@H](C)C1. The van der Waals surface area contributed by atoms with Gasteiger partial charge in [0.25, 0.3) is 5.91 Å². The molecule has 1 aliphatic rings. The number of amides is 1. The normalized spacial score (nSPS) is 18.8. The maximum atomic E-state index is 12.8. The number of benzene rings is 1. The standard InChI is InChI=1S/C18H23N3O3/c1-13-12-20(8-6-17(22)24-2)9-10-21(13)18(23)15-3-4-16-14(11-15)5-7-19-16/h3-5,7,11,13,19H,6,8-10,12H2,1-2H3/t13-/m0/s1. The Hall–Kier alpha value is -2.34. The number of hydrogen-bond acceptors (Lipinski definition) is 4. The van der Waals surface area contributed by atoms with E-state index in [1.807, 2.05) is 35.4 Å². The van der Waals surface area contributed by atoms with E-state index >= 15 is 0 Å². The number of nitrogens with one attached hydrogen (secondary N) is 1. The summed E-state index contributed by atoms with van der Waals surface area (Å²) in [5, 5.41) is 1.05. The van der Waals surface area contributed by atoms with Crippen molar-refractivity contribution in [1.82, 2.24) is 14.8 Å². The summed E-state index contributed by atoms with van der Waals surface area (Å²) in [6.07, 6.45) is 2.27. The van der Waals surface area contributed by atoms with Crippen LogP contribution in [0.15, 0.2) is 30.5 Å². The molecule has 1 aliphatic heterocycles. The predicted molar refractivity (Wildman–Crippen MR) is 91.9 cm³/mol. The van der Waals surface area contributed by atoms with E-state index in [0.717, 1.165) is 29.6 Å². The zero-order valence-electron chi connectivity index (χ0n) is 14.1. The van der Waals surface area contributed by atoms with Gasteiger partial charge in [-0.1, -0.05) is 0 Å². The van der Waals surface area contributed by atoms with Crippen LogP contribution in [-0.4, -0.2) is 66.0 Å². The molecule has 2 heterocycles. The number of carbonyl (C=O) groups is 2. The maximum absolute atomic E-state index is 12.8. The van der Waals surface area contributed by atoms with E-state index in [2.05, 4.69) is 21.5 Å². The van der Waals surface area contributed by atoms with E-state index in [1.54, 1.807) is 0 Å². The molecule has 128 valence electrons. The van der Waals surface area contributed by atoms with Gasteiger partial charge in [-0.2, -0.15) is 0 Å². The number of aromatic nitrogens is 1. The molecule has 2 aromatic rings. The number of methoxy groups -OCH3 is 1. The zero-order chi connectivity index (χ0) is 17.1. The second-order valence-electron chi connectivity index (χ2n) is 6.25. The molecular weight excluding hydrogens is 306 g/mol. The number of H-pyrrole nitrogens is 1. The molecule has 3 rings (SSSR count). The van der Waals surface area contributed by atoms with E-state index in [1.165, 1.54) is 7.11 Å². The third kappa shape index (κ3) is 3.43. The van der Waals surface area contributed by atoms with Crippen molar-refractivity contribution in [3.8, 4) is 0 Å². The van der Waals surface area contributed by atoms with E-state index in [-0.39, 0.29) is 17.9 Å². The average molecular weight is 329 g/mol. The van der Waals surface area contributed by atoms with Gasteiger partial charge in [0.05, 0.1) is 13.5 Å². The van der Waals surface area contributed by atoms with E-state index < -0.39 is 0 Å². The Labute approximate surface area is 141 Å². The molecule has 24 heavy (non-hydrogen) atoms. The fourth-order valence-electron chi connectivity index (χ4n) is 3.24. The number of aromatic amines is 1. The molecule has 6 nitrogen and oxygen atoms in total. The van der Waals surface area contributed by atoms with Crippen LogP contribution in [0.1, 0.15) is 23.7 Å². The Morgan fingerprint density at radius 3 is 2.88 bits per heavy atom. The van der Waals surface area contributed by atoms with Crippen LogP contribution in [0, 0.1) is 0 Å². The molecule has 0 aliphatic carbocycles. The molecule has 0 bridgehead atoms. The summed E-state index contributed by atoms with van der Waals surface area (Å²) >= 11 is 0. The Kier molecular flexibility index (Phi) is 4.85. The van der Waals surface area contributed by atoms with Gasteiger partial charge >= 0.3 is 5.97 Å². The first kappa shape index (κ1) is 16.5. The van der Waals surface area contributed by atoms with Gasteiger partial charge in [-0.3, -0.25) is 14.5 Å². The summed E-state index contributed by atoms with van der Waals surface area (Å²) < 4.78 is 4.68. The highest BCUT2D eigenvalue weighted by molar-refractivity contribution is 5.98. The first-order chi connectivity index (χ1) is 11.6. The fraction of sp³-hybridized carbons (Fsp3) is 0.444. The molecule has 0 radical (unpaired) electrons. The van der Waals surface area contributed by atoms with Crippen molar-refractivity contribution in [2.45, 2.75) is 19.4 Å². The smallest absolute Gasteiger partial charge is 0.306 e.